The summed E-state index contributed by atoms with van der Waals surface area (Å²) in [4.78, 5) is 0. The van der Waals surface area contributed by atoms with E-state index in [1.807, 2.05) is 0 Å². The van der Waals surface area contributed by atoms with Gasteiger partial charge < -0.3 is 5.11 Å². The van der Waals surface area contributed by atoms with E-state index in [0.29, 0.717) is 5.92 Å². The van der Waals surface area contributed by atoms with Crippen molar-refractivity contribution in [2.45, 2.75) is 45.6 Å². The molecule has 0 aromatic rings. The predicted octanol–water partition coefficient (Wildman–Crippen LogP) is 2.75. The Morgan fingerprint density at radius 3 is 2.00 bits per heavy atom. The Morgan fingerprint density at radius 1 is 1.27 bits per heavy atom. The van der Waals surface area contributed by atoms with Gasteiger partial charge in [0, 0.05) is 0 Å². The van der Waals surface area contributed by atoms with Crippen molar-refractivity contribution in [3.8, 4) is 0 Å². The molecule has 0 aliphatic rings. The van der Waals surface area contributed by atoms with Gasteiger partial charge in [0.1, 0.15) is 0 Å². The number of hydrogen-bond donors (Lipinski definition) is 1. The lowest BCUT2D eigenvalue weighted by Crippen LogP contribution is -2.17. The molecule has 1 nitrogen and oxygen atoms in total. The molecule has 0 radical (unpaired) electrons. The van der Waals surface area contributed by atoms with Crippen LogP contribution in [0.15, 0.2) is 12.7 Å². The summed E-state index contributed by atoms with van der Waals surface area (Å²) >= 11 is 0. The Labute approximate surface area is 70.1 Å². The standard InChI is InChI=1S/C10H20O/c1-4-7-9(8-5-2)10(11)6-3/h6,9-11H,3-5,7-8H2,1-2H3. The minimum absolute atomic E-state index is 0.296. The van der Waals surface area contributed by atoms with Crippen molar-refractivity contribution in [2.75, 3.05) is 0 Å². The molecule has 0 spiro atoms. The molecule has 0 amide bonds. The van der Waals surface area contributed by atoms with Crippen LogP contribution in [0.5, 0.6) is 0 Å². The maximum absolute atomic E-state index is 9.46. The molecule has 1 N–H and O–H groups in total. The van der Waals surface area contributed by atoms with Crippen LogP contribution in [0.25, 0.3) is 0 Å². The van der Waals surface area contributed by atoms with Gasteiger partial charge in [-0.1, -0.05) is 32.8 Å². The molecule has 0 fully saturated rings. The predicted molar refractivity (Wildman–Crippen MR) is 49.5 cm³/mol. The molecule has 11 heavy (non-hydrogen) atoms. The van der Waals surface area contributed by atoms with E-state index in [1.54, 1.807) is 6.08 Å². The van der Waals surface area contributed by atoms with Crippen LogP contribution < -0.4 is 0 Å². The van der Waals surface area contributed by atoms with E-state index < -0.39 is 0 Å². The maximum Gasteiger partial charge on any atom is 0.0746 e. The van der Waals surface area contributed by atoms with E-state index in [4.69, 9.17) is 0 Å². The summed E-state index contributed by atoms with van der Waals surface area (Å²) in [7, 11) is 0. The van der Waals surface area contributed by atoms with E-state index >= 15 is 0 Å². The zero-order valence-electron chi connectivity index (χ0n) is 7.71. The molecule has 0 aromatic heterocycles. The molecule has 0 heterocycles. The van der Waals surface area contributed by atoms with E-state index in [9.17, 15) is 5.11 Å². The molecule has 0 aliphatic carbocycles. The first-order valence-electron chi connectivity index (χ1n) is 4.56. The normalized spacial score (nSPS) is 13.5. The zero-order chi connectivity index (χ0) is 8.69. The molecular formula is C10H20O. The van der Waals surface area contributed by atoms with Crippen molar-refractivity contribution in [1.29, 1.82) is 0 Å². The van der Waals surface area contributed by atoms with Crippen molar-refractivity contribution >= 4 is 0 Å². The van der Waals surface area contributed by atoms with Gasteiger partial charge in [-0.05, 0) is 18.8 Å². The quantitative estimate of drug-likeness (QED) is 0.586. The van der Waals surface area contributed by atoms with Crippen LogP contribution in [-0.2, 0) is 0 Å². The molecule has 0 aromatic carbocycles. The van der Waals surface area contributed by atoms with Gasteiger partial charge in [-0.15, -0.1) is 6.58 Å². The summed E-state index contributed by atoms with van der Waals surface area (Å²) < 4.78 is 0. The Morgan fingerprint density at radius 2 is 1.73 bits per heavy atom. The molecule has 66 valence electrons. The zero-order valence-corrected chi connectivity index (χ0v) is 7.71. The molecule has 0 saturated heterocycles. The van der Waals surface area contributed by atoms with Crippen LogP contribution in [0.1, 0.15) is 39.5 Å². The first-order valence-corrected chi connectivity index (χ1v) is 4.56. The van der Waals surface area contributed by atoms with E-state index in [1.165, 1.54) is 0 Å². The molecule has 0 rings (SSSR count). The highest BCUT2D eigenvalue weighted by molar-refractivity contribution is 4.83. The van der Waals surface area contributed by atoms with Crippen molar-refractivity contribution < 1.29 is 5.11 Å². The Hall–Kier alpha value is -0.300. The second-order valence-electron chi connectivity index (χ2n) is 3.06. The van der Waals surface area contributed by atoms with Crippen molar-refractivity contribution in [3.05, 3.63) is 12.7 Å². The first-order chi connectivity index (χ1) is 5.26. The van der Waals surface area contributed by atoms with Gasteiger partial charge >= 0.3 is 0 Å². The lowest BCUT2D eigenvalue weighted by Gasteiger charge is -2.18. The topological polar surface area (TPSA) is 20.2 Å². The molecule has 0 saturated carbocycles. The fraction of sp³-hybridized carbons (Fsp3) is 0.800. The van der Waals surface area contributed by atoms with Gasteiger partial charge in [0.15, 0.2) is 0 Å². The minimum atomic E-state index is -0.296. The van der Waals surface area contributed by atoms with E-state index in [2.05, 4.69) is 20.4 Å². The third-order valence-corrected chi connectivity index (χ3v) is 2.04. The van der Waals surface area contributed by atoms with Gasteiger partial charge in [-0.25, -0.2) is 0 Å². The summed E-state index contributed by atoms with van der Waals surface area (Å²) in [5.74, 6) is 0.433. The molecule has 1 atom stereocenters. The van der Waals surface area contributed by atoms with Gasteiger partial charge in [0.25, 0.3) is 0 Å². The van der Waals surface area contributed by atoms with Gasteiger partial charge in [-0.3, -0.25) is 0 Å². The summed E-state index contributed by atoms with van der Waals surface area (Å²) in [5.41, 5.74) is 0. The summed E-state index contributed by atoms with van der Waals surface area (Å²) in [6, 6.07) is 0. The second-order valence-corrected chi connectivity index (χ2v) is 3.06. The summed E-state index contributed by atoms with van der Waals surface area (Å²) in [6.07, 6.45) is 5.87. The van der Waals surface area contributed by atoms with Crippen LogP contribution in [0.4, 0.5) is 0 Å². The largest absolute Gasteiger partial charge is 0.389 e. The molecule has 0 aliphatic heterocycles. The van der Waals surface area contributed by atoms with Crippen LogP contribution in [0, 0.1) is 5.92 Å². The Bertz CT molecular complexity index is 93.0. The van der Waals surface area contributed by atoms with Crippen LogP contribution in [0.2, 0.25) is 0 Å². The van der Waals surface area contributed by atoms with Crippen LogP contribution in [0.3, 0.4) is 0 Å². The van der Waals surface area contributed by atoms with Crippen molar-refractivity contribution in [1.82, 2.24) is 0 Å². The monoisotopic (exact) mass is 156 g/mol. The average Bonchev–Trinajstić information content (AvgIpc) is 2.03. The number of rotatable bonds is 6. The third kappa shape index (κ3) is 4.20. The molecule has 1 unspecified atom stereocenters. The Kier molecular flexibility index (Phi) is 6.24. The molecule has 1 heteroatoms. The van der Waals surface area contributed by atoms with Gasteiger partial charge in [-0.2, -0.15) is 0 Å². The molecular weight excluding hydrogens is 136 g/mol. The molecule has 0 bridgehead atoms. The van der Waals surface area contributed by atoms with E-state index in [-0.39, 0.29) is 6.10 Å². The smallest absolute Gasteiger partial charge is 0.0746 e. The first kappa shape index (κ1) is 10.7. The van der Waals surface area contributed by atoms with Crippen molar-refractivity contribution in [2.24, 2.45) is 5.92 Å². The van der Waals surface area contributed by atoms with Crippen LogP contribution in [-0.4, -0.2) is 11.2 Å². The SMILES string of the molecule is C=CC(O)C(CCC)CCC. The number of hydrogen-bond acceptors (Lipinski definition) is 1. The fourth-order valence-corrected chi connectivity index (χ4v) is 1.42. The highest BCUT2D eigenvalue weighted by atomic mass is 16.3. The number of aliphatic hydroxyl groups is 1. The highest BCUT2D eigenvalue weighted by Gasteiger charge is 2.13. The van der Waals surface area contributed by atoms with Crippen LogP contribution >= 0.6 is 0 Å². The maximum atomic E-state index is 9.46. The lowest BCUT2D eigenvalue weighted by atomic mass is 9.92. The second kappa shape index (κ2) is 6.41. The lowest BCUT2D eigenvalue weighted by molar-refractivity contribution is 0.139. The van der Waals surface area contributed by atoms with Gasteiger partial charge in [0.2, 0.25) is 0 Å². The number of aliphatic hydroxyl groups excluding tert-OH is 1. The fourth-order valence-electron chi connectivity index (χ4n) is 1.42. The third-order valence-electron chi connectivity index (χ3n) is 2.04. The minimum Gasteiger partial charge on any atom is -0.389 e. The Balaban J connectivity index is 3.75. The highest BCUT2D eigenvalue weighted by Crippen LogP contribution is 2.18. The van der Waals surface area contributed by atoms with E-state index in [0.717, 1.165) is 25.7 Å². The summed E-state index contributed by atoms with van der Waals surface area (Å²) in [6.45, 7) is 7.90. The summed E-state index contributed by atoms with van der Waals surface area (Å²) in [5, 5.41) is 9.46. The average molecular weight is 156 g/mol. The van der Waals surface area contributed by atoms with Crippen molar-refractivity contribution in [3.63, 3.8) is 0 Å². The van der Waals surface area contributed by atoms with Gasteiger partial charge in [0.05, 0.1) is 6.10 Å².